The average Bonchev–Trinajstić information content (AvgIpc) is 2.70. The molecule has 0 unspecified atom stereocenters. The zero-order valence-corrected chi connectivity index (χ0v) is 10.7. The van der Waals surface area contributed by atoms with E-state index in [0.29, 0.717) is 36.0 Å². The maximum Gasteiger partial charge on any atom is 0.161 e. The van der Waals surface area contributed by atoms with E-state index in [2.05, 4.69) is 5.10 Å². The number of aryl methyl sites for hydroxylation is 1. The molecule has 102 valence electrons. The van der Waals surface area contributed by atoms with Crippen LogP contribution in [0.5, 0.6) is 0 Å². The number of hydrogen-bond donors (Lipinski definition) is 1. The lowest BCUT2D eigenvalue weighted by molar-refractivity contribution is 0.490. The van der Waals surface area contributed by atoms with E-state index in [1.54, 1.807) is 0 Å². The van der Waals surface area contributed by atoms with Crippen molar-refractivity contribution in [3.8, 4) is 5.69 Å². The highest BCUT2D eigenvalue weighted by molar-refractivity contribution is 5.52. The molecule has 0 saturated carbocycles. The van der Waals surface area contributed by atoms with Gasteiger partial charge in [-0.05, 0) is 12.8 Å². The van der Waals surface area contributed by atoms with Gasteiger partial charge in [0.25, 0.3) is 0 Å². The molecule has 1 aromatic heterocycles. The van der Waals surface area contributed by atoms with Crippen LogP contribution in [-0.4, -0.2) is 9.78 Å². The number of aromatic nitrogens is 2. The second-order valence-corrected chi connectivity index (χ2v) is 4.14. The maximum atomic E-state index is 13.8. The topological polar surface area (TPSA) is 43.8 Å². The molecule has 2 rings (SSSR count). The van der Waals surface area contributed by atoms with Crippen LogP contribution in [0.15, 0.2) is 12.1 Å². The first-order valence-electron chi connectivity index (χ1n) is 6.00. The quantitative estimate of drug-likeness (QED) is 0.870. The summed E-state index contributed by atoms with van der Waals surface area (Å²) in [5.41, 5.74) is 7.43. The zero-order chi connectivity index (χ0) is 14.2. The summed E-state index contributed by atoms with van der Waals surface area (Å²) in [7, 11) is 0. The van der Waals surface area contributed by atoms with Crippen LogP contribution in [0.4, 0.5) is 18.9 Å². The molecule has 0 aliphatic heterocycles. The molecule has 0 bridgehead atoms. The summed E-state index contributed by atoms with van der Waals surface area (Å²) >= 11 is 0. The normalized spacial score (nSPS) is 11.0. The summed E-state index contributed by atoms with van der Waals surface area (Å²) in [4.78, 5) is 0. The number of hydrogen-bond acceptors (Lipinski definition) is 2. The first-order valence-corrected chi connectivity index (χ1v) is 6.00. The van der Waals surface area contributed by atoms with E-state index in [1.165, 1.54) is 4.68 Å². The summed E-state index contributed by atoms with van der Waals surface area (Å²) in [6.07, 6.45) is 1.09. The Hall–Kier alpha value is -1.98. The average molecular weight is 269 g/mol. The van der Waals surface area contributed by atoms with Gasteiger partial charge in [-0.1, -0.05) is 13.8 Å². The number of nitrogen functional groups attached to an aromatic ring is 1. The molecule has 0 aliphatic rings. The monoisotopic (exact) mass is 269 g/mol. The number of nitrogens with zero attached hydrogens (tertiary/aromatic N) is 2. The molecule has 1 aromatic carbocycles. The van der Waals surface area contributed by atoms with Gasteiger partial charge in [0.2, 0.25) is 0 Å². The summed E-state index contributed by atoms with van der Waals surface area (Å²) in [5, 5.41) is 4.16. The van der Waals surface area contributed by atoms with Gasteiger partial charge in [0.1, 0.15) is 5.69 Å². The largest absolute Gasteiger partial charge is 0.396 e. The first-order chi connectivity index (χ1) is 8.99. The summed E-state index contributed by atoms with van der Waals surface area (Å²) in [6.45, 7) is 3.70. The Bertz CT molecular complexity index is 620. The summed E-state index contributed by atoms with van der Waals surface area (Å²) < 4.78 is 41.2. The molecule has 19 heavy (non-hydrogen) atoms. The third kappa shape index (κ3) is 2.18. The molecular formula is C13H14F3N3. The fraction of sp³-hybridized carbons (Fsp3) is 0.308. The van der Waals surface area contributed by atoms with Crippen molar-refractivity contribution in [3.63, 3.8) is 0 Å². The Kier molecular flexibility index (Phi) is 3.50. The molecule has 0 amide bonds. The van der Waals surface area contributed by atoms with Crippen LogP contribution in [0.3, 0.4) is 0 Å². The number of nitrogens with two attached hydrogens (primary N) is 1. The van der Waals surface area contributed by atoms with E-state index in [0.717, 1.165) is 6.07 Å². The molecule has 0 saturated heterocycles. The van der Waals surface area contributed by atoms with Gasteiger partial charge < -0.3 is 5.73 Å². The Morgan fingerprint density at radius 3 is 2.26 bits per heavy atom. The van der Waals surface area contributed by atoms with Crippen molar-refractivity contribution in [3.05, 3.63) is 41.0 Å². The van der Waals surface area contributed by atoms with Gasteiger partial charge in [-0.2, -0.15) is 5.10 Å². The second-order valence-electron chi connectivity index (χ2n) is 4.14. The van der Waals surface area contributed by atoms with E-state index in [-0.39, 0.29) is 5.69 Å². The van der Waals surface area contributed by atoms with Gasteiger partial charge in [-0.3, -0.25) is 0 Å². The summed E-state index contributed by atoms with van der Waals surface area (Å²) in [5.74, 6) is -3.22. The van der Waals surface area contributed by atoms with Gasteiger partial charge in [0, 0.05) is 12.1 Å². The van der Waals surface area contributed by atoms with Gasteiger partial charge in [-0.25, -0.2) is 17.9 Å². The maximum absolute atomic E-state index is 13.8. The number of rotatable bonds is 3. The van der Waals surface area contributed by atoms with Crippen LogP contribution >= 0.6 is 0 Å². The predicted molar refractivity (Wildman–Crippen MR) is 66.6 cm³/mol. The molecule has 3 nitrogen and oxygen atoms in total. The van der Waals surface area contributed by atoms with Crippen molar-refractivity contribution in [2.45, 2.75) is 26.7 Å². The van der Waals surface area contributed by atoms with Crippen molar-refractivity contribution >= 4 is 5.69 Å². The molecule has 0 radical (unpaired) electrons. The second kappa shape index (κ2) is 4.95. The highest BCUT2D eigenvalue weighted by Gasteiger charge is 2.18. The van der Waals surface area contributed by atoms with E-state index in [1.807, 2.05) is 13.8 Å². The molecular weight excluding hydrogens is 255 g/mol. The minimum absolute atomic E-state index is 0.137. The van der Waals surface area contributed by atoms with Gasteiger partial charge in [0.05, 0.1) is 17.1 Å². The third-order valence-electron chi connectivity index (χ3n) is 2.99. The lowest BCUT2D eigenvalue weighted by Crippen LogP contribution is -2.06. The fourth-order valence-electron chi connectivity index (χ4n) is 1.99. The molecule has 2 N–H and O–H groups in total. The molecule has 0 atom stereocenters. The number of halogens is 3. The van der Waals surface area contributed by atoms with E-state index in [4.69, 9.17) is 5.73 Å². The van der Waals surface area contributed by atoms with Crippen LogP contribution in [0.2, 0.25) is 0 Å². The smallest absolute Gasteiger partial charge is 0.161 e. The zero-order valence-electron chi connectivity index (χ0n) is 10.7. The number of benzene rings is 1. The van der Waals surface area contributed by atoms with Crippen LogP contribution < -0.4 is 5.73 Å². The third-order valence-corrected chi connectivity index (χ3v) is 2.99. The Morgan fingerprint density at radius 1 is 1.05 bits per heavy atom. The van der Waals surface area contributed by atoms with Crippen LogP contribution in [0, 0.1) is 17.5 Å². The van der Waals surface area contributed by atoms with Crippen molar-refractivity contribution in [2.75, 3.05) is 5.73 Å². The Labute approximate surface area is 108 Å². The van der Waals surface area contributed by atoms with Crippen LogP contribution in [-0.2, 0) is 12.8 Å². The predicted octanol–water partition coefficient (Wildman–Crippen LogP) is 3.00. The lowest BCUT2D eigenvalue weighted by Gasteiger charge is -2.08. The van der Waals surface area contributed by atoms with Gasteiger partial charge in [0.15, 0.2) is 17.5 Å². The summed E-state index contributed by atoms with van der Waals surface area (Å²) in [6, 6.07) is 1.29. The van der Waals surface area contributed by atoms with Crippen molar-refractivity contribution in [1.29, 1.82) is 0 Å². The van der Waals surface area contributed by atoms with Gasteiger partial charge in [-0.15, -0.1) is 0 Å². The molecule has 1 heterocycles. The Morgan fingerprint density at radius 2 is 1.68 bits per heavy atom. The van der Waals surface area contributed by atoms with Crippen molar-refractivity contribution in [2.24, 2.45) is 0 Å². The minimum atomic E-state index is -1.23. The van der Waals surface area contributed by atoms with Crippen molar-refractivity contribution < 1.29 is 13.2 Å². The minimum Gasteiger partial charge on any atom is -0.396 e. The first kappa shape index (κ1) is 13.5. The highest BCUT2D eigenvalue weighted by Crippen LogP contribution is 2.25. The Balaban J connectivity index is 2.68. The molecule has 6 heteroatoms. The SMILES string of the molecule is CCc1nn(-c2cc(F)c(F)cc2F)c(CC)c1N. The molecule has 0 spiro atoms. The fourth-order valence-corrected chi connectivity index (χ4v) is 1.99. The lowest BCUT2D eigenvalue weighted by atomic mass is 10.2. The van der Waals surface area contributed by atoms with Crippen LogP contribution in [0.25, 0.3) is 5.69 Å². The van der Waals surface area contributed by atoms with E-state index in [9.17, 15) is 13.2 Å². The molecule has 0 aliphatic carbocycles. The van der Waals surface area contributed by atoms with Gasteiger partial charge >= 0.3 is 0 Å². The van der Waals surface area contributed by atoms with Crippen LogP contribution in [0.1, 0.15) is 25.2 Å². The van der Waals surface area contributed by atoms with E-state index < -0.39 is 17.5 Å². The standard InChI is InChI=1S/C13H14F3N3/c1-3-10-13(17)11(4-2)19(18-10)12-6-8(15)7(14)5-9(12)16/h5-6H,3-4,17H2,1-2H3. The highest BCUT2D eigenvalue weighted by atomic mass is 19.2. The number of anilines is 1. The molecule has 2 aromatic rings. The van der Waals surface area contributed by atoms with E-state index >= 15 is 0 Å². The molecule has 0 fully saturated rings. The van der Waals surface area contributed by atoms with Crippen molar-refractivity contribution in [1.82, 2.24) is 9.78 Å².